The predicted octanol–water partition coefficient (Wildman–Crippen LogP) is 10.3. The van der Waals surface area contributed by atoms with Crippen LogP contribution < -0.4 is 9.83 Å². The van der Waals surface area contributed by atoms with Gasteiger partial charge in [-0.25, -0.2) is 4.74 Å². The number of para-hydroxylation sites is 1. The zero-order valence-electron chi connectivity index (χ0n) is 21.9. The van der Waals surface area contributed by atoms with Gasteiger partial charge in [0.15, 0.2) is 7.28 Å². The molecule has 1 aromatic heterocycles. The smallest absolute Gasteiger partial charge is 0.173 e. The second kappa shape index (κ2) is 10.7. The Morgan fingerprint density at radius 3 is 2.22 bits per heavy atom. The zero-order valence-corrected chi connectivity index (χ0v) is 25.2. The molecule has 0 bridgehead atoms. The van der Waals surface area contributed by atoms with Gasteiger partial charge in [0.2, 0.25) is 0 Å². The van der Waals surface area contributed by atoms with Crippen LogP contribution in [-0.2, 0) is 6.54 Å². The minimum Gasteiger partial charge on any atom is -0.455 e. The third-order valence-corrected chi connectivity index (χ3v) is 10.9. The number of rotatable bonds is 5. The van der Waals surface area contributed by atoms with E-state index < -0.39 is 7.28 Å². The van der Waals surface area contributed by atoms with E-state index in [-0.39, 0.29) is 17.6 Å². The second-order valence-corrected chi connectivity index (χ2v) is 14.5. The van der Waals surface area contributed by atoms with Crippen molar-refractivity contribution in [2.24, 2.45) is 4.74 Å². The van der Waals surface area contributed by atoms with E-state index in [1.54, 1.807) is 0 Å². The highest BCUT2D eigenvalue weighted by atomic mass is 79.9. The molecule has 6 heteroatoms. The fraction of sp³-hybridized carbons (Fsp3) is 0.226. The Morgan fingerprint density at radius 2 is 1.54 bits per heavy atom. The monoisotopic (exact) mass is 594 g/mol. The lowest BCUT2D eigenvalue weighted by Crippen LogP contribution is -2.27. The molecule has 1 unspecified atom stereocenters. The van der Waals surface area contributed by atoms with Gasteiger partial charge in [-0.2, -0.15) is 0 Å². The molecule has 1 atom stereocenters. The van der Waals surface area contributed by atoms with Crippen molar-refractivity contribution in [1.82, 2.24) is 4.57 Å². The van der Waals surface area contributed by atoms with Gasteiger partial charge in [-0.05, 0) is 68.4 Å². The summed E-state index contributed by atoms with van der Waals surface area (Å²) in [6.45, 7) is 12.0. The molecule has 37 heavy (non-hydrogen) atoms. The first-order valence-corrected chi connectivity index (χ1v) is 14.8. The summed E-state index contributed by atoms with van der Waals surface area (Å²) in [4.78, 5) is 0. The van der Waals surface area contributed by atoms with Crippen molar-refractivity contribution < 1.29 is 4.52 Å². The highest BCUT2D eigenvalue weighted by Gasteiger charge is 2.39. The molecule has 0 N–H and O–H groups in total. The Kier molecular flexibility index (Phi) is 7.95. The maximum absolute atomic E-state index is 7.07. The fourth-order valence-electron chi connectivity index (χ4n) is 4.83. The first kappa shape index (κ1) is 27.5. The normalized spacial score (nSPS) is 13.2. The van der Waals surface area contributed by atoms with Crippen molar-refractivity contribution in [1.29, 1.82) is 0 Å². The molecular formula is C31H33BrClN2OP. The second-order valence-electron chi connectivity index (χ2n) is 10.2. The summed E-state index contributed by atoms with van der Waals surface area (Å²) in [7, 11) is -2.60. The van der Waals surface area contributed by atoms with Crippen LogP contribution in [0.2, 0.25) is 0 Å². The molecule has 192 valence electrons. The largest absolute Gasteiger partial charge is 0.455 e. The van der Waals surface area contributed by atoms with Crippen molar-refractivity contribution in [2.75, 3.05) is 0 Å². The van der Waals surface area contributed by atoms with E-state index in [4.69, 9.17) is 9.27 Å². The van der Waals surface area contributed by atoms with Crippen molar-refractivity contribution in [2.45, 2.75) is 46.3 Å². The highest BCUT2D eigenvalue weighted by Crippen LogP contribution is 2.62. The first-order valence-electron chi connectivity index (χ1n) is 12.4. The minimum absolute atomic E-state index is 0. The van der Waals surface area contributed by atoms with Gasteiger partial charge in [0.05, 0.1) is 5.69 Å². The van der Waals surface area contributed by atoms with Gasteiger partial charge in [-0.15, -0.1) is 12.4 Å². The lowest BCUT2D eigenvalue weighted by Gasteiger charge is -2.37. The molecule has 0 aliphatic rings. The molecule has 5 rings (SSSR count). The van der Waals surface area contributed by atoms with E-state index in [2.05, 4.69) is 122 Å². The van der Waals surface area contributed by atoms with Crippen LogP contribution in [0.4, 0.5) is 5.69 Å². The Morgan fingerprint density at radius 1 is 0.838 bits per heavy atom. The number of aryl methyl sites for hydroxylation is 2. The number of benzene rings is 4. The summed E-state index contributed by atoms with van der Waals surface area (Å²) in [6.07, 6.45) is 0. The Labute approximate surface area is 234 Å². The van der Waals surface area contributed by atoms with Gasteiger partial charge in [0.1, 0.15) is 5.75 Å². The average Bonchev–Trinajstić information content (AvgIpc) is 3.17. The van der Waals surface area contributed by atoms with Crippen LogP contribution in [0.25, 0.3) is 21.8 Å². The van der Waals surface area contributed by atoms with Crippen LogP contribution in [0.1, 0.15) is 33.3 Å². The number of fused-ring (bicyclic) bond motifs is 3. The predicted molar refractivity (Wildman–Crippen MR) is 167 cm³/mol. The topological polar surface area (TPSA) is 26.5 Å². The molecular weight excluding hydrogens is 563 g/mol. The summed E-state index contributed by atoms with van der Waals surface area (Å²) in [5.41, 5.74) is 4.66. The zero-order chi connectivity index (χ0) is 25.5. The van der Waals surface area contributed by atoms with E-state index in [9.17, 15) is 0 Å². The molecule has 4 aromatic carbocycles. The summed E-state index contributed by atoms with van der Waals surface area (Å²) in [6, 6.07) is 32.0. The Balaban J connectivity index is 0.00000320. The lowest BCUT2D eigenvalue weighted by molar-refractivity contribution is 0.571. The van der Waals surface area contributed by atoms with Gasteiger partial charge in [0.25, 0.3) is 0 Å². The molecule has 0 spiro atoms. The molecule has 0 amide bonds. The van der Waals surface area contributed by atoms with E-state index >= 15 is 0 Å². The summed E-state index contributed by atoms with van der Waals surface area (Å²) in [5.74, 6) is 0.819. The van der Waals surface area contributed by atoms with Gasteiger partial charge in [0, 0.05) is 43.3 Å². The summed E-state index contributed by atoms with van der Waals surface area (Å²) in [5, 5.41) is 3.40. The van der Waals surface area contributed by atoms with Gasteiger partial charge in [-0.3, -0.25) is 0 Å². The fourth-order valence-corrected chi connectivity index (χ4v) is 8.27. The van der Waals surface area contributed by atoms with Crippen LogP contribution in [0, 0.1) is 6.92 Å². The van der Waals surface area contributed by atoms with Crippen molar-refractivity contribution in [3.05, 3.63) is 101 Å². The average molecular weight is 596 g/mol. The van der Waals surface area contributed by atoms with Gasteiger partial charge >= 0.3 is 0 Å². The van der Waals surface area contributed by atoms with Gasteiger partial charge in [-0.1, -0.05) is 78.7 Å². The molecule has 0 fully saturated rings. The van der Waals surface area contributed by atoms with E-state index in [1.807, 2.05) is 24.3 Å². The Hall–Kier alpha value is -2.52. The number of hydrogen-bond acceptors (Lipinski definition) is 2. The molecule has 3 nitrogen and oxygen atoms in total. The van der Waals surface area contributed by atoms with E-state index in [0.29, 0.717) is 0 Å². The standard InChI is InChI=1S/C31H32BrN2OP.ClH/c1-6-34-29-13-8-7-12-27(29)28-21-26(18-19-30(28)34)36(31(3,4)5,33-24-16-14-22(2)15-17-24)35-25-11-9-10-23(32)20-25;/h7-21H,6H2,1-5H3;1H. The van der Waals surface area contributed by atoms with Crippen molar-refractivity contribution in [3.63, 3.8) is 0 Å². The third kappa shape index (κ3) is 5.12. The minimum atomic E-state index is -2.60. The third-order valence-electron chi connectivity index (χ3n) is 6.66. The molecule has 0 aliphatic heterocycles. The van der Waals surface area contributed by atoms with E-state index in [0.717, 1.165) is 27.8 Å². The lowest BCUT2D eigenvalue weighted by atomic mass is 10.1. The molecule has 0 aliphatic carbocycles. The molecule has 1 heterocycles. The maximum Gasteiger partial charge on any atom is 0.173 e. The van der Waals surface area contributed by atoms with Crippen LogP contribution in [0.15, 0.2) is 100 Å². The number of halogens is 2. The first-order chi connectivity index (χ1) is 17.2. The van der Waals surface area contributed by atoms with Crippen molar-refractivity contribution >= 4 is 68.4 Å². The van der Waals surface area contributed by atoms with Crippen LogP contribution in [0.5, 0.6) is 5.75 Å². The highest BCUT2D eigenvalue weighted by molar-refractivity contribution is 9.10. The molecule has 5 aromatic rings. The molecule has 0 radical (unpaired) electrons. The van der Waals surface area contributed by atoms with Gasteiger partial charge < -0.3 is 9.09 Å². The van der Waals surface area contributed by atoms with Crippen LogP contribution >= 0.6 is 35.6 Å². The van der Waals surface area contributed by atoms with Crippen molar-refractivity contribution in [3.8, 4) is 5.75 Å². The number of aromatic nitrogens is 1. The SMILES string of the molecule is CCn1c2ccccc2c2cc(P(=Nc3ccc(C)cc3)(Oc3cccc(Br)c3)C(C)(C)C)ccc21.Cl. The van der Waals surface area contributed by atoms with E-state index in [1.165, 1.54) is 27.4 Å². The number of nitrogens with zero attached hydrogens (tertiary/aromatic N) is 2. The van der Waals surface area contributed by atoms with Crippen LogP contribution in [-0.4, -0.2) is 9.72 Å². The molecule has 0 saturated carbocycles. The molecule has 0 saturated heterocycles. The summed E-state index contributed by atoms with van der Waals surface area (Å²) >= 11 is 3.62. The summed E-state index contributed by atoms with van der Waals surface area (Å²) < 4.78 is 15.9. The quantitative estimate of drug-likeness (QED) is 0.186. The maximum atomic E-state index is 7.07. The van der Waals surface area contributed by atoms with Crippen LogP contribution in [0.3, 0.4) is 0 Å². The number of hydrogen-bond donors (Lipinski definition) is 0. The Bertz CT molecular complexity index is 1620.